The molecule has 28 heavy (non-hydrogen) atoms. The van der Waals surface area contributed by atoms with Crippen molar-refractivity contribution in [3.63, 3.8) is 0 Å². The van der Waals surface area contributed by atoms with E-state index in [4.69, 9.17) is 4.74 Å². The molecule has 1 aromatic carbocycles. The van der Waals surface area contributed by atoms with Gasteiger partial charge in [0.25, 0.3) is 5.91 Å². The maximum atomic E-state index is 12.5. The van der Waals surface area contributed by atoms with E-state index >= 15 is 0 Å². The van der Waals surface area contributed by atoms with Crippen molar-refractivity contribution in [2.24, 2.45) is 0 Å². The molecule has 1 aliphatic rings. The van der Waals surface area contributed by atoms with Crippen LogP contribution in [0.1, 0.15) is 23.0 Å². The highest BCUT2D eigenvalue weighted by Crippen LogP contribution is 2.13. The summed E-state index contributed by atoms with van der Waals surface area (Å²) in [6, 6.07) is 11.4. The minimum Gasteiger partial charge on any atom is -0.497 e. The smallest absolute Gasteiger partial charge is 0.274 e. The number of aromatic nitrogens is 2. The number of nitrogens with one attached hydrogen (secondary N) is 1. The van der Waals surface area contributed by atoms with Crippen molar-refractivity contribution in [1.29, 1.82) is 0 Å². The molecule has 8 heteroatoms. The summed E-state index contributed by atoms with van der Waals surface area (Å²) < 4.78 is 5.22. The molecule has 2 aromatic rings. The summed E-state index contributed by atoms with van der Waals surface area (Å²) in [5, 5.41) is 11.4. The molecule has 1 saturated heterocycles. The first kappa shape index (κ1) is 19.6. The number of methoxy groups -OCH3 is 1. The summed E-state index contributed by atoms with van der Waals surface area (Å²) in [6.07, 6.45) is 0.819. The predicted octanol–water partition coefficient (Wildman–Crippen LogP) is 1.44. The van der Waals surface area contributed by atoms with Gasteiger partial charge in [-0.2, -0.15) is 0 Å². The third-order valence-electron chi connectivity index (χ3n) is 4.75. The molecule has 1 aromatic heterocycles. The third kappa shape index (κ3) is 4.97. The highest BCUT2D eigenvalue weighted by molar-refractivity contribution is 5.92. The number of piperazine rings is 1. The monoisotopic (exact) mass is 383 g/mol. The van der Waals surface area contributed by atoms with E-state index in [0.29, 0.717) is 44.2 Å². The van der Waals surface area contributed by atoms with Gasteiger partial charge in [0.1, 0.15) is 11.6 Å². The first-order chi connectivity index (χ1) is 13.6. The molecule has 1 aliphatic heterocycles. The van der Waals surface area contributed by atoms with Crippen LogP contribution in [0, 0.1) is 0 Å². The molecule has 1 fully saturated rings. The van der Waals surface area contributed by atoms with Gasteiger partial charge in [-0.1, -0.05) is 12.1 Å². The highest BCUT2D eigenvalue weighted by atomic mass is 16.5. The van der Waals surface area contributed by atoms with Crippen LogP contribution in [-0.4, -0.2) is 71.6 Å². The number of amides is 2. The lowest BCUT2D eigenvalue weighted by Gasteiger charge is -2.33. The largest absolute Gasteiger partial charge is 0.497 e. The average molecular weight is 383 g/mol. The summed E-state index contributed by atoms with van der Waals surface area (Å²) in [5.74, 6) is 1.35. The van der Waals surface area contributed by atoms with Gasteiger partial charge in [0, 0.05) is 39.6 Å². The fraction of sp³-hybridized carbons (Fsp3) is 0.400. The second-order valence-corrected chi connectivity index (χ2v) is 6.63. The number of hydrogen-bond donors (Lipinski definition) is 1. The minimum absolute atomic E-state index is 0.0382. The highest BCUT2D eigenvalue weighted by Gasteiger charge is 2.24. The van der Waals surface area contributed by atoms with Crippen molar-refractivity contribution in [1.82, 2.24) is 20.0 Å². The van der Waals surface area contributed by atoms with Gasteiger partial charge in [0.2, 0.25) is 5.91 Å². The van der Waals surface area contributed by atoms with Crippen molar-refractivity contribution in [3.8, 4) is 5.75 Å². The summed E-state index contributed by atoms with van der Waals surface area (Å²) >= 11 is 0. The number of carbonyl (C=O) groups excluding carboxylic acids is 2. The number of nitrogens with zero attached hydrogens (tertiary/aromatic N) is 4. The zero-order valence-corrected chi connectivity index (χ0v) is 16.2. The van der Waals surface area contributed by atoms with E-state index in [9.17, 15) is 9.59 Å². The maximum Gasteiger partial charge on any atom is 0.274 e. The Balaban J connectivity index is 1.49. The zero-order valence-electron chi connectivity index (χ0n) is 16.2. The Labute approximate surface area is 164 Å². The molecule has 3 rings (SSSR count). The number of rotatable bonds is 6. The Hall–Kier alpha value is -3.16. The lowest BCUT2D eigenvalue weighted by atomic mass is 10.1. The molecular weight excluding hydrogens is 358 g/mol. The Morgan fingerprint density at radius 2 is 1.82 bits per heavy atom. The fourth-order valence-corrected chi connectivity index (χ4v) is 3.09. The van der Waals surface area contributed by atoms with Crippen LogP contribution >= 0.6 is 0 Å². The molecule has 1 N–H and O–H groups in total. The number of benzene rings is 1. The van der Waals surface area contributed by atoms with Crippen LogP contribution in [0.4, 0.5) is 5.82 Å². The summed E-state index contributed by atoms with van der Waals surface area (Å²) in [4.78, 5) is 27.4. The molecule has 0 unspecified atom stereocenters. The number of carbonyl (C=O) groups is 2. The minimum atomic E-state index is -0.154. The average Bonchev–Trinajstić information content (AvgIpc) is 2.74. The van der Waals surface area contributed by atoms with Crippen LogP contribution in [-0.2, 0) is 11.2 Å². The molecule has 2 amide bonds. The van der Waals surface area contributed by atoms with Gasteiger partial charge >= 0.3 is 0 Å². The Morgan fingerprint density at radius 1 is 1.07 bits per heavy atom. The van der Waals surface area contributed by atoms with E-state index in [1.807, 2.05) is 24.3 Å². The van der Waals surface area contributed by atoms with Gasteiger partial charge in [-0.25, -0.2) is 0 Å². The quantitative estimate of drug-likeness (QED) is 0.812. The van der Waals surface area contributed by atoms with E-state index in [1.54, 1.807) is 36.0 Å². The van der Waals surface area contributed by atoms with Crippen molar-refractivity contribution in [2.75, 3.05) is 45.2 Å². The normalized spacial score (nSPS) is 13.9. The van der Waals surface area contributed by atoms with Gasteiger partial charge in [0.15, 0.2) is 5.69 Å². The second-order valence-electron chi connectivity index (χ2n) is 6.63. The third-order valence-corrected chi connectivity index (χ3v) is 4.75. The Morgan fingerprint density at radius 3 is 2.46 bits per heavy atom. The van der Waals surface area contributed by atoms with Gasteiger partial charge in [-0.05, 0) is 36.2 Å². The lowest BCUT2D eigenvalue weighted by molar-refractivity contribution is -0.130. The van der Waals surface area contributed by atoms with E-state index in [-0.39, 0.29) is 11.8 Å². The predicted molar refractivity (Wildman–Crippen MR) is 105 cm³/mol. The molecule has 2 heterocycles. The summed E-state index contributed by atoms with van der Waals surface area (Å²) in [7, 11) is 1.65. The van der Waals surface area contributed by atoms with Gasteiger partial charge in [-0.3, -0.25) is 9.59 Å². The van der Waals surface area contributed by atoms with Crippen LogP contribution in [0.25, 0.3) is 0 Å². The zero-order chi connectivity index (χ0) is 19.9. The summed E-state index contributed by atoms with van der Waals surface area (Å²) in [6.45, 7) is 4.38. The van der Waals surface area contributed by atoms with E-state index in [1.165, 1.54) is 0 Å². The first-order valence-electron chi connectivity index (χ1n) is 9.32. The van der Waals surface area contributed by atoms with Crippen LogP contribution in [0.3, 0.4) is 0 Å². The van der Waals surface area contributed by atoms with Crippen LogP contribution in [0.15, 0.2) is 36.4 Å². The fourth-order valence-electron chi connectivity index (χ4n) is 3.09. The van der Waals surface area contributed by atoms with E-state index in [2.05, 4.69) is 15.5 Å². The molecule has 0 spiro atoms. The topological polar surface area (TPSA) is 87.7 Å². The lowest BCUT2D eigenvalue weighted by Crippen LogP contribution is -2.50. The SMILES string of the molecule is COc1cccc(CCNc2ccc(C(=O)N3CCN(C(C)=O)CC3)nn2)c1. The number of ether oxygens (including phenoxy) is 1. The van der Waals surface area contributed by atoms with Crippen molar-refractivity contribution < 1.29 is 14.3 Å². The van der Waals surface area contributed by atoms with Crippen molar-refractivity contribution in [3.05, 3.63) is 47.7 Å². The van der Waals surface area contributed by atoms with Gasteiger partial charge in [-0.15, -0.1) is 10.2 Å². The molecule has 0 aliphatic carbocycles. The molecule has 8 nitrogen and oxygen atoms in total. The standard InChI is InChI=1S/C20H25N5O3/c1-15(26)24-10-12-25(13-11-24)20(27)18-6-7-19(23-22-18)21-9-8-16-4-3-5-17(14-16)28-2/h3-7,14H,8-13H2,1-2H3,(H,21,23). The van der Waals surface area contributed by atoms with E-state index < -0.39 is 0 Å². The molecule has 148 valence electrons. The molecule has 0 saturated carbocycles. The molecular formula is C20H25N5O3. The first-order valence-corrected chi connectivity index (χ1v) is 9.32. The molecule has 0 atom stereocenters. The van der Waals surface area contributed by atoms with Crippen molar-refractivity contribution >= 4 is 17.6 Å². The molecule has 0 radical (unpaired) electrons. The van der Waals surface area contributed by atoms with Crippen LogP contribution in [0.5, 0.6) is 5.75 Å². The number of hydrogen-bond acceptors (Lipinski definition) is 6. The number of anilines is 1. The van der Waals surface area contributed by atoms with E-state index in [0.717, 1.165) is 17.7 Å². The van der Waals surface area contributed by atoms with Crippen LogP contribution < -0.4 is 10.1 Å². The van der Waals surface area contributed by atoms with Gasteiger partial charge in [0.05, 0.1) is 7.11 Å². The van der Waals surface area contributed by atoms with Crippen LogP contribution in [0.2, 0.25) is 0 Å². The maximum absolute atomic E-state index is 12.5. The Bertz CT molecular complexity index is 817. The van der Waals surface area contributed by atoms with Crippen molar-refractivity contribution in [2.45, 2.75) is 13.3 Å². The van der Waals surface area contributed by atoms with Gasteiger partial charge < -0.3 is 19.9 Å². The Kier molecular flexibility index (Phi) is 6.41. The molecule has 0 bridgehead atoms. The summed E-state index contributed by atoms with van der Waals surface area (Å²) in [5.41, 5.74) is 1.48. The second kappa shape index (κ2) is 9.16.